The predicted molar refractivity (Wildman–Crippen MR) is 74.4 cm³/mol. The number of rotatable bonds is 0. The minimum absolute atomic E-state index is 0. The molecule has 3 rings (SSSR count). The topological polar surface area (TPSA) is 15.3 Å². The molecule has 3 heteroatoms. The average molecular weight is 286 g/mol. The van der Waals surface area contributed by atoms with Crippen LogP contribution >= 0.6 is 0 Å². The summed E-state index contributed by atoms with van der Waals surface area (Å²) in [6, 6.07) is 20.0. The number of hydrogen-bond acceptors (Lipinski definition) is 2. The minimum Gasteiger partial charge on any atom is -0.748 e. The SMILES string of the molecule is CN1CCNCC1.[Fe].[cH-]1[cH-][cH-][cH-][cH-]1.c1cc[cH-]c1. The number of piperazine rings is 1. The maximum Gasteiger partial charge on any atom is 0.0104 e. The van der Waals surface area contributed by atoms with E-state index in [9.17, 15) is 0 Å². The van der Waals surface area contributed by atoms with Gasteiger partial charge in [0.25, 0.3) is 0 Å². The van der Waals surface area contributed by atoms with Gasteiger partial charge < -0.3 is 40.5 Å². The normalized spacial score (nSPS) is 14.3. The summed E-state index contributed by atoms with van der Waals surface area (Å²) in [5.41, 5.74) is 0. The molecule has 0 aliphatic carbocycles. The van der Waals surface area contributed by atoms with Gasteiger partial charge in [0, 0.05) is 43.2 Å². The van der Waals surface area contributed by atoms with E-state index < -0.39 is 0 Å². The molecule has 1 fully saturated rings. The van der Waals surface area contributed by atoms with E-state index in [2.05, 4.69) is 17.3 Å². The van der Waals surface area contributed by atoms with Gasteiger partial charge in [-0.2, -0.15) is 18.2 Å². The first-order valence-electron chi connectivity index (χ1n) is 6.12. The van der Waals surface area contributed by atoms with E-state index in [1.807, 2.05) is 60.7 Å². The Morgan fingerprint density at radius 2 is 1.33 bits per heavy atom. The number of nitrogens with one attached hydrogen (secondary N) is 1. The summed E-state index contributed by atoms with van der Waals surface area (Å²) in [4.78, 5) is 2.33. The molecule has 0 unspecified atom stereocenters. The van der Waals surface area contributed by atoms with E-state index in [0.717, 1.165) is 13.1 Å². The predicted octanol–water partition coefficient (Wildman–Crippen LogP) is 2.33. The average Bonchev–Trinajstić information content (AvgIpc) is 3.09. The molecule has 0 amide bonds. The van der Waals surface area contributed by atoms with Crippen molar-refractivity contribution in [2.45, 2.75) is 0 Å². The van der Waals surface area contributed by atoms with Gasteiger partial charge in [-0.1, -0.05) is 0 Å². The van der Waals surface area contributed by atoms with Crippen LogP contribution in [-0.2, 0) is 17.1 Å². The van der Waals surface area contributed by atoms with E-state index in [-0.39, 0.29) is 17.1 Å². The summed E-state index contributed by atoms with van der Waals surface area (Å²) in [6.07, 6.45) is 0. The van der Waals surface area contributed by atoms with Crippen molar-refractivity contribution < 1.29 is 17.1 Å². The van der Waals surface area contributed by atoms with E-state index in [0.29, 0.717) is 0 Å². The van der Waals surface area contributed by atoms with Crippen molar-refractivity contribution in [3.05, 3.63) is 60.7 Å². The van der Waals surface area contributed by atoms with Gasteiger partial charge >= 0.3 is 0 Å². The van der Waals surface area contributed by atoms with Crippen LogP contribution in [-0.4, -0.2) is 38.1 Å². The molecule has 2 aromatic carbocycles. The van der Waals surface area contributed by atoms with Gasteiger partial charge in [0.05, 0.1) is 0 Å². The third-order valence-electron chi connectivity index (χ3n) is 2.45. The second-order valence-corrected chi connectivity index (χ2v) is 3.98. The first-order valence-corrected chi connectivity index (χ1v) is 6.12. The van der Waals surface area contributed by atoms with Crippen LogP contribution in [0.1, 0.15) is 0 Å². The number of hydrogen-bond donors (Lipinski definition) is 1. The monoisotopic (exact) mass is 286 g/mol. The molecule has 1 saturated heterocycles. The summed E-state index contributed by atoms with van der Waals surface area (Å²) < 4.78 is 0. The van der Waals surface area contributed by atoms with Crippen molar-refractivity contribution in [1.82, 2.24) is 10.2 Å². The Balaban J connectivity index is 0.000000239. The Kier molecular flexibility index (Phi) is 12.0. The number of likely N-dealkylation sites (N-methyl/N-ethyl adjacent to an activating group) is 1. The van der Waals surface area contributed by atoms with Crippen LogP contribution in [0.4, 0.5) is 0 Å². The van der Waals surface area contributed by atoms with E-state index in [1.165, 1.54) is 13.1 Å². The van der Waals surface area contributed by atoms with Crippen LogP contribution in [0.2, 0.25) is 0 Å². The Labute approximate surface area is 121 Å². The first kappa shape index (κ1) is 17.1. The van der Waals surface area contributed by atoms with Crippen LogP contribution in [0.25, 0.3) is 0 Å². The van der Waals surface area contributed by atoms with Crippen molar-refractivity contribution in [3.63, 3.8) is 0 Å². The van der Waals surface area contributed by atoms with Gasteiger partial charge in [-0.25, -0.2) is 12.1 Å². The summed E-state index contributed by atoms with van der Waals surface area (Å²) >= 11 is 0. The van der Waals surface area contributed by atoms with E-state index in [1.54, 1.807) is 0 Å². The Hall–Kier alpha value is -0.861. The summed E-state index contributed by atoms with van der Waals surface area (Å²) in [6.45, 7) is 4.74. The van der Waals surface area contributed by atoms with Crippen LogP contribution < -0.4 is 5.32 Å². The van der Waals surface area contributed by atoms with Crippen molar-refractivity contribution in [3.8, 4) is 0 Å². The molecule has 2 aromatic rings. The van der Waals surface area contributed by atoms with Crippen LogP contribution in [0.15, 0.2) is 60.7 Å². The Morgan fingerprint density at radius 3 is 1.56 bits per heavy atom. The molecule has 18 heavy (non-hydrogen) atoms. The molecule has 1 N–H and O–H groups in total. The van der Waals surface area contributed by atoms with Gasteiger partial charge in [-0.15, -0.1) is 0 Å². The maximum atomic E-state index is 3.27. The molecule has 0 aromatic heterocycles. The minimum atomic E-state index is 0. The third kappa shape index (κ3) is 10.3. The summed E-state index contributed by atoms with van der Waals surface area (Å²) in [5, 5.41) is 3.27. The molecule has 2 nitrogen and oxygen atoms in total. The Bertz CT molecular complexity index is 249. The zero-order valence-electron chi connectivity index (χ0n) is 10.9. The standard InChI is InChI=1S/C5H12N2.2C5H5.Fe/c1-7-4-2-6-3-5-7;2*1-2-4-5-3-1;/h6H,2-5H2,1H3;2*1-5H;/q;-5;-1;. The second kappa shape index (κ2) is 12.6. The molecule has 1 aliphatic rings. The molecule has 0 bridgehead atoms. The second-order valence-electron chi connectivity index (χ2n) is 3.98. The zero-order valence-corrected chi connectivity index (χ0v) is 12.0. The molecule has 0 spiro atoms. The zero-order chi connectivity index (χ0) is 12.2. The first-order chi connectivity index (χ1) is 8.39. The molecule has 0 radical (unpaired) electrons. The van der Waals surface area contributed by atoms with Gasteiger partial charge in [-0.3, -0.25) is 0 Å². The summed E-state index contributed by atoms with van der Waals surface area (Å²) in [5.74, 6) is 0. The molecule has 0 saturated carbocycles. The molecule has 106 valence electrons. The van der Waals surface area contributed by atoms with Gasteiger partial charge in [0.15, 0.2) is 0 Å². The van der Waals surface area contributed by atoms with Crippen molar-refractivity contribution in [1.29, 1.82) is 0 Å². The van der Waals surface area contributed by atoms with Crippen molar-refractivity contribution in [2.24, 2.45) is 0 Å². The van der Waals surface area contributed by atoms with Gasteiger partial charge in [-0.05, 0) is 7.05 Å². The summed E-state index contributed by atoms with van der Waals surface area (Å²) in [7, 11) is 2.15. The molecule has 0 atom stereocenters. The van der Waals surface area contributed by atoms with Crippen LogP contribution in [0, 0.1) is 0 Å². The maximum absolute atomic E-state index is 3.27. The van der Waals surface area contributed by atoms with Crippen molar-refractivity contribution in [2.75, 3.05) is 33.2 Å². The van der Waals surface area contributed by atoms with E-state index in [4.69, 9.17) is 0 Å². The smallest absolute Gasteiger partial charge is 0.0104 e. The third-order valence-corrected chi connectivity index (χ3v) is 2.45. The van der Waals surface area contributed by atoms with Gasteiger partial charge in [0.2, 0.25) is 0 Å². The largest absolute Gasteiger partial charge is 0.748 e. The fourth-order valence-corrected chi connectivity index (χ4v) is 1.42. The van der Waals surface area contributed by atoms with Crippen LogP contribution in [0.3, 0.4) is 0 Å². The van der Waals surface area contributed by atoms with Crippen molar-refractivity contribution >= 4 is 0 Å². The fourth-order valence-electron chi connectivity index (χ4n) is 1.42. The number of nitrogens with zero attached hydrogens (tertiary/aromatic N) is 1. The van der Waals surface area contributed by atoms with Crippen LogP contribution in [0.5, 0.6) is 0 Å². The molecular weight excluding hydrogens is 264 g/mol. The fraction of sp³-hybridized carbons (Fsp3) is 0.333. The molecule has 1 aliphatic heterocycles. The molecular formula is C15H22FeN2-6. The Morgan fingerprint density at radius 1 is 0.889 bits per heavy atom. The van der Waals surface area contributed by atoms with Gasteiger partial charge in [0.1, 0.15) is 0 Å². The quantitative estimate of drug-likeness (QED) is 0.590. The van der Waals surface area contributed by atoms with E-state index >= 15 is 0 Å². The molecule has 1 heterocycles.